The minimum atomic E-state index is -4.10. The molecule has 0 spiro atoms. The SMILES string of the molecule is CCC(C(=O)NC(C)(C)C)N(Cc1cccc(C)c1)C(=O)CN(c1cccc(C)c1C)S(=O)(=O)c1ccccc1. The molecule has 0 aliphatic rings. The molecule has 0 bridgehead atoms. The number of amides is 2. The van der Waals surface area contributed by atoms with E-state index < -0.39 is 34.1 Å². The lowest BCUT2D eigenvalue weighted by atomic mass is 10.0. The summed E-state index contributed by atoms with van der Waals surface area (Å²) >= 11 is 0. The highest BCUT2D eigenvalue weighted by atomic mass is 32.2. The van der Waals surface area contributed by atoms with Crippen LogP contribution in [0.4, 0.5) is 5.69 Å². The van der Waals surface area contributed by atoms with E-state index in [9.17, 15) is 18.0 Å². The maximum Gasteiger partial charge on any atom is 0.264 e. The molecule has 0 saturated carbocycles. The summed E-state index contributed by atoms with van der Waals surface area (Å²) in [5.41, 5.74) is 3.49. The Bertz CT molecular complexity index is 1450. The van der Waals surface area contributed by atoms with Crippen LogP contribution in [0.2, 0.25) is 0 Å². The van der Waals surface area contributed by atoms with Crippen molar-refractivity contribution in [3.63, 3.8) is 0 Å². The van der Waals surface area contributed by atoms with Crippen LogP contribution >= 0.6 is 0 Å². The Kier molecular flexibility index (Phi) is 9.79. The Hall–Kier alpha value is -3.65. The third-order valence-corrected chi connectivity index (χ3v) is 8.55. The number of hydrogen-bond donors (Lipinski definition) is 1. The summed E-state index contributed by atoms with van der Waals surface area (Å²) in [6.45, 7) is 13.0. The van der Waals surface area contributed by atoms with Crippen molar-refractivity contribution in [2.45, 2.75) is 77.9 Å². The Balaban J connectivity index is 2.11. The number of carbonyl (C=O) groups excluding carboxylic acids is 2. The number of nitrogens with one attached hydrogen (secondary N) is 1. The average Bonchev–Trinajstić information content (AvgIpc) is 2.88. The van der Waals surface area contributed by atoms with Crippen LogP contribution in [0, 0.1) is 20.8 Å². The molecule has 0 aliphatic carbocycles. The van der Waals surface area contributed by atoms with Crippen LogP contribution in [0.5, 0.6) is 0 Å². The molecule has 214 valence electrons. The molecule has 0 aliphatic heterocycles. The molecule has 2 amide bonds. The fourth-order valence-corrected chi connectivity index (χ4v) is 6.11. The van der Waals surface area contributed by atoms with E-state index in [0.29, 0.717) is 12.1 Å². The average molecular weight is 564 g/mol. The van der Waals surface area contributed by atoms with E-state index in [-0.39, 0.29) is 17.3 Å². The zero-order valence-electron chi connectivity index (χ0n) is 24.6. The van der Waals surface area contributed by atoms with Gasteiger partial charge in [-0.1, -0.05) is 67.1 Å². The van der Waals surface area contributed by atoms with Crippen LogP contribution in [0.25, 0.3) is 0 Å². The number of anilines is 1. The van der Waals surface area contributed by atoms with E-state index in [4.69, 9.17) is 0 Å². The van der Waals surface area contributed by atoms with E-state index >= 15 is 0 Å². The van der Waals surface area contributed by atoms with E-state index in [0.717, 1.165) is 22.3 Å². The second-order valence-electron chi connectivity index (χ2n) is 11.2. The first-order valence-electron chi connectivity index (χ1n) is 13.6. The fraction of sp³-hybridized carbons (Fsp3) is 0.375. The second kappa shape index (κ2) is 12.7. The molecule has 3 rings (SSSR count). The Morgan fingerprint density at radius 2 is 1.55 bits per heavy atom. The van der Waals surface area contributed by atoms with Gasteiger partial charge < -0.3 is 10.2 Å². The molecule has 1 atom stereocenters. The van der Waals surface area contributed by atoms with Crippen molar-refractivity contribution >= 4 is 27.5 Å². The van der Waals surface area contributed by atoms with Crippen molar-refractivity contribution in [1.29, 1.82) is 0 Å². The van der Waals surface area contributed by atoms with E-state index in [2.05, 4.69) is 5.32 Å². The largest absolute Gasteiger partial charge is 0.350 e. The molecule has 0 aromatic heterocycles. The van der Waals surface area contributed by atoms with Gasteiger partial charge in [0.1, 0.15) is 12.6 Å². The highest BCUT2D eigenvalue weighted by Crippen LogP contribution is 2.29. The number of nitrogens with zero attached hydrogens (tertiary/aromatic N) is 2. The zero-order chi connectivity index (χ0) is 29.7. The lowest BCUT2D eigenvalue weighted by Crippen LogP contribution is -2.55. The van der Waals surface area contributed by atoms with Gasteiger partial charge in [-0.25, -0.2) is 8.42 Å². The highest BCUT2D eigenvalue weighted by molar-refractivity contribution is 7.92. The highest BCUT2D eigenvalue weighted by Gasteiger charge is 2.35. The molecule has 1 N–H and O–H groups in total. The lowest BCUT2D eigenvalue weighted by Gasteiger charge is -2.35. The van der Waals surface area contributed by atoms with E-state index in [1.54, 1.807) is 30.3 Å². The molecule has 0 radical (unpaired) electrons. The van der Waals surface area contributed by atoms with Gasteiger partial charge in [-0.2, -0.15) is 0 Å². The predicted molar refractivity (Wildman–Crippen MR) is 161 cm³/mol. The third-order valence-electron chi connectivity index (χ3n) is 6.77. The van der Waals surface area contributed by atoms with Crippen molar-refractivity contribution in [1.82, 2.24) is 10.2 Å². The smallest absolute Gasteiger partial charge is 0.264 e. The maximum atomic E-state index is 14.2. The zero-order valence-corrected chi connectivity index (χ0v) is 25.4. The number of carbonyl (C=O) groups is 2. The molecular weight excluding hydrogens is 522 g/mol. The number of benzene rings is 3. The lowest BCUT2D eigenvalue weighted by molar-refractivity contribution is -0.141. The van der Waals surface area contributed by atoms with Crippen LogP contribution in [0.15, 0.2) is 77.7 Å². The summed E-state index contributed by atoms with van der Waals surface area (Å²) in [6, 6.07) is 20.5. The minimum Gasteiger partial charge on any atom is -0.350 e. The summed E-state index contributed by atoms with van der Waals surface area (Å²) in [6.07, 6.45) is 0.369. The van der Waals surface area contributed by atoms with E-state index in [1.165, 1.54) is 21.3 Å². The van der Waals surface area contributed by atoms with Crippen LogP contribution in [0.3, 0.4) is 0 Å². The maximum absolute atomic E-state index is 14.2. The van der Waals surface area contributed by atoms with Gasteiger partial charge in [-0.05, 0) is 82.9 Å². The number of hydrogen-bond acceptors (Lipinski definition) is 4. The Morgan fingerprint density at radius 1 is 0.900 bits per heavy atom. The predicted octanol–water partition coefficient (Wildman–Crippen LogP) is 5.53. The number of aryl methyl sites for hydroxylation is 2. The van der Waals surface area contributed by atoms with Crippen molar-refractivity contribution in [2.24, 2.45) is 0 Å². The summed E-state index contributed by atoms with van der Waals surface area (Å²) < 4.78 is 29.2. The summed E-state index contributed by atoms with van der Waals surface area (Å²) in [4.78, 5) is 29.2. The monoisotopic (exact) mass is 563 g/mol. The van der Waals surface area contributed by atoms with Gasteiger partial charge in [0, 0.05) is 12.1 Å². The van der Waals surface area contributed by atoms with Gasteiger partial charge >= 0.3 is 0 Å². The molecule has 7 nitrogen and oxygen atoms in total. The van der Waals surface area contributed by atoms with Crippen molar-refractivity contribution in [3.8, 4) is 0 Å². The topological polar surface area (TPSA) is 86.8 Å². The fourth-order valence-electron chi connectivity index (χ4n) is 4.62. The molecule has 1 unspecified atom stereocenters. The summed E-state index contributed by atoms with van der Waals surface area (Å²) in [5.74, 6) is -0.738. The van der Waals surface area contributed by atoms with Crippen molar-refractivity contribution < 1.29 is 18.0 Å². The van der Waals surface area contributed by atoms with Gasteiger partial charge in [0.2, 0.25) is 11.8 Å². The van der Waals surface area contributed by atoms with Crippen LogP contribution in [-0.2, 0) is 26.2 Å². The summed E-state index contributed by atoms with van der Waals surface area (Å²) in [5, 5.41) is 3.00. The molecule has 3 aromatic rings. The van der Waals surface area contributed by atoms with Crippen molar-refractivity contribution in [2.75, 3.05) is 10.8 Å². The number of sulfonamides is 1. The molecule has 0 heterocycles. The molecular formula is C32H41N3O4S. The normalized spacial score (nSPS) is 12.5. The standard InChI is InChI=1S/C32H41N3O4S/c1-8-28(31(37)33-32(5,6)7)34(21-26-16-12-14-23(2)20-26)30(36)22-35(29-19-13-15-24(3)25(29)4)40(38,39)27-17-10-9-11-18-27/h9-20,28H,8,21-22H2,1-7H3,(H,33,37). The summed E-state index contributed by atoms with van der Waals surface area (Å²) in [7, 11) is -4.10. The Morgan fingerprint density at radius 3 is 2.15 bits per heavy atom. The van der Waals surface area contributed by atoms with Gasteiger partial charge in [-0.3, -0.25) is 13.9 Å². The molecule has 8 heteroatoms. The molecule has 0 saturated heterocycles. The van der Waals surface area contributed by atoms with Gasteiger partial charge in [0.25, 0.3) is 10.0 Å². The van der Waals surface area contributed by atoms with Crippen LogP contribution in [0.1, 0.15) is 56.4 Å². The third kappa shape index (κ3) is 7.50. The Labute approximate surface area is 239 Å². The first-order valence-corrected chi connectivity index (χ1v) is 15.0. The number of rotatable bonds is 10. The molecule has 0 fully saturated rings. The van der Waals surface area contributed by atoms with Gasteiger partial charge in [0.15, 0.2) is 0 Å². The van der Waals surface area contributed by atoms with E-state index in [1.807, 2.05) is 78.8 Å². The molecule has 40 heavy (non-hydrogen) atoms. The van der Waals surface area contributed by atoms with Crippen LogP contribution in [-0.4, -0.2) is 43.3 Å². The first kappa shape index (κ1) is 30.9. The first-order chi connectivity index (χ1) is 18.7. The molecule has 3 aromatic carbocycles. The minimum absolute atomic E-state index is 0.0893. The second-order valence-corrected chi connectivity index (χ2v) is 13.1. The van der Waals surface area contributed by atoms with Gasteiger partial charge in [-0.15, -0.1) is 0 Å². The van der Waals surface area contributed by atoms with Crippen LogP contribution < -0.4 is 9.62 Å². The quantitative estimate of drug-likeness (QED) is 0.352. The van der Waals surface area contributed by atoms with Crippen molar-refractivity contribution in [3.05, 3.63) is 95.1 Å². The van der Waals surface area contributed by atoms with Gasteiger partial charge in [0.05, 0.1) is 10.6 Å².